The van der Waals surface area contributed by atoms with Crippen LogP contribution in [0.15, 0.2) is 85.2 Å². The van der Waals surface area contributed by atoms with Crippen molar-refractivity contribution in [3.63, 3.8) is 0 Å². The van der Waals surface area contributed by atoms with E-state index < -0.39 is 41.0 Å². The van der Waals surface area contributed by atoms with Gasteiger partial charge in [0.15, 0.2) is 11.6 Å². The fraction of sp³-hybridized carbons (Fsp3) is 0.212. The van der Waals surface area contributed by atoms with Crippen LogP contribution in [0.5, 0.6) is 6.01 Å². The van der Waals surface area contributed by atoms with Gasteiger partial charge in [-0.1, -0.05) is 60.4 Å². The molecule has 3 aromatic carbocycles. The summed E-state index contributed by atoms with van der Waals surface area (Å²) in [4.78, 5) is 39.1. The molecule has 2 aliphatic heterocycles. The average molecular weight is 596 g/mol. The number of aliphatic hydroxyl groups excluding tert-OH is 1. The van der Waals surface area contributed by atoms with Gasteiger partial charge in [-0.15, -0.1) is 0 Å². The Labute approximate surface area is 252 Å². The number of nitrogens with zero attached hydrogens (tertiary/aromatic N) is 5. The fourth-order valence-electron chi connectivity index (χ4n) is 5.43. The van der Waals surface area contributed by atoms with Crippen molar-refractivity contribution in [1.82, 2.24) is 14.9 Å². The molecule has 2 saturated heterocycles. The molecule has 3 heterocycles. The van der Waals surface area contributed by atoms with Gasteiger partial charge in [0.2, 0.25) is 0 Å². The number of amides is 3. The minimum absolute atomic E-state index is 0.0421. The molecule has 44 heavy (non-hydrogen) atoms. The maximum Gasteiger partial charge on any atom is 0.327 e. The molecule has 2 aliphatic rings. The number of fused-ring (bicyclic) bond motifs is 1. The maximum atomic E-state index is 15.3. The molecule has 6 rings (SSSR count). The number of benzene rings is 3. The Morgan fingerprint density at radius 1 is 0.932 bits per heavy atom. The van der Waals surface area contributed by atoms with Crippen molar-refractivity contribution in [3.8, 4) is 17.9 Å². The van der Waals surface area contributed by atoms with Crippen LogP contribution in [-0.4, -0.2) is 56.8 Å². The van der Waals surface area contributed by atoms with Gasteiger partial charge in [0.25, 0.3) is 5.91 Å². The van der Waals surface area contributed by atoms with Gasteiger partial charge in [0, 0.05) is 30.6 Å². The van der Waals surface area contributed by atoms with Gasteiger partial charge in [-0.05, 0) is 36.8 Å². The van der Waals surface area contributed by atoms with Crippen LogP contribution >= 0.6 is 0 Å². The molecular weight excluding hydrogens is 568 g/mol. The largest absolute Gasteiger partial charge is 0.459 e. The molecule has 0 saturated carbocycles. The third kappa shape index (κ3) is 5.43. The molecule has 0 bridgehead atoms. The molecule has 0 spiro atoms. The van der Waals surface area contributed by atoms with E-state index in [9.17, 15) is 14.7 Å². The Morgan fingerprint density at radius 2 is 1.55 bits per heavy atom. The lowest BCUT2D eigenvalue weighted by atomic mass is 9.87. The maximum absolute atomic E-state index is 15.3. The molecule has 0 aliphatic carbocycles. The highest BCUT2D eigenvalue weighted by Crippen LogP contribution is 2.39. The predicted octanol–water partition coefficient (Wildman–Crippen LogP) is 4.49. The topological polar surface area (TPSA) is 99.1 Å². The second-order valence-electron chi connectivity index (χ2n) is 10.6. The van der Waals surface area contributed by atoms with Crippen molar-refractivity contribution in [2.24, 2.45) is 0 Å². The monoisotopic (exact) mass is 595 g/mol. The molecule has 2 fully saturated rings. The van der Waals surface area contributed by atoms with Gasteiger partial charge in [-0.25, -0.2) is 23.5 Å². The number of rotatable bonds is 5. The number of aromatic nitrogens is 2. The van der Waals surface area contributed by atoms with Crippen LogP contribution in [0.2, 0.25) is 0 Å². The lowest BCUT2D eigenvalue weighted by Crippen LogP contribution is -2.73. The SMILES string of the molecule is C[C@@]12CC(O)N(c3c(F)cc(C#Cc4ccccc4)cc3F)C(=O)N1CCN(c1cnc(OCc3ccccc3)nc1)C2=O. The van der Waals surface area contributed by atoms with E-state index in [4.69, 9.17) is 4.74 Å². The second-order valence-corrected chi connectivity index (χ2v) is 10.6. The number of anilines is 2. The molecule has 0 radical (unpaired) electrons. The summed E-state index contributed by atoms with van der Waals surface area (Å²) < 4.78 is 36.2. The molecule has 1 aromatic heterocycles. The summed E-state index contributed by atoms with van der Waals surface area (Å²) in [6.07, 6.45) is 0.930. The van der Waals surface area contributed by atoms with Gasteiger partial charge in [-0.3, -0.25) is 9.69 Å². The quantitative estimate of drug-likeness (QED) is 0.342. The summed E-state index contributed by atoms with van der Waals surface area (Å²) in [6.45, 7) is 1.92. The first-order valence-electron chi connectivity index (χ1n) is 13.9. The first-order valence-corrected chi connectivity index (χ1v) is 13.9. The second kappa shape index (κ2) is 11.7. The first kappa shape index (κ1) is 28.8. The fourth-order valence-corrected chi connectivity index (χ4v) is 5.43. The van der Waals surface area contributed by atoms with Gasteiger partial charge in [0.05, 0.1) is 18.1 Å². The Hall–Kier alpha value is -5.34. The molecule has 4 aromatic rings. The number of carbonyl (C=O) groups is 2. The molecule has 1 unspecified atom stereocenters. The standard InChI is InChI=1S/C33H27F2N5O4/c1-33-18-28(41)40(29-26(34)16-24(17-27(29)35)13-12-22-8-4-2-5-9-22)32(43)39(33)15-14-38(30(33)42)25-19-36-31(37-20-25)44-21-23-10-6-3-7-11-23/h2-11,16-17,19-20,28,41H,14-15,18,21H2,1H3/t28?,33-/m0/s1. The Morgan fingerprint density at radius 3 is 2.20 bits per heavy atom. The van der Waals surface area contributed by atoms with E-state index in [0.29, 0.717) is 16.2 Å². The van der Waals surface area contributed by atoms with E-state index in [1.54, 1.807) is 24.3 Å². The molecule has 11 heteroatoms. The van der Waals surface area contributed by atoms with Crippen LogP contribution in [0.3, 0.4) is 0 Å². The highest BCUT2D eigenvalue weighted by molar-refractivity contribution is 6.06. The normalized spacial score (nSPS) is 19.7. The Balaban J connectivity index is 1.19. The van der Waals surface area contributed by atoms with Crippen molar-refractivity contribution in [1.29, 1.82) is 0 Å². The number of hydrogen-bond donors (Lipinski definition) is 1. The number of piperazine rings is 1. The van der Waals surface area contributed by atoms with E-state index in [2.05, 4.69) is 21.8 Å². The summed E-state index contributed by atoms with van der Waals surface area (Å²) in [5.41, 5.74) is -0.121. The minimum Gasteiger partial charge on any atom is -0.459 e. The molecular formula is C33H27F2N5O4. The van der Waals surface area contributed by atoms with Crippen molar-refractivity contribution >= 4 is 23.3 Å². The third-order valence-electron chi connectivity index (χ3n) is 7.68. The number of halogens is 2. The zero-order valence-corrected chi connectivity index (χ0v) is 23.7. The summed E-state index contributed by atoms with van der Waals surface area (Å²) >= 11 is 0. The van der Waals surface area contributed by atoms with Crippen LogP contribution in [0.25, 0.3) is 0 Å². The highest BCUT2D eigenvalue weighted by Gasteiger charge is 2.55. The smallest absolute Gasteiger partial charge is 0.327 e. The third-order valence-corrected chi connectivity index (χ3v) is 7.68. The van der Waals surface area contributed by atoms with Crippen LogP contribution in [0.1, 0.15) is 30.0 Å². The first-order chi connectivity index (χ1) is 21.2. The zero-order valence-electron chi connectivity index (χ0n) is 23.7. The lowest BCUT2D eigenvalue weighted by Gasteiger charge is -2.53. The molecule has 1 N–H and O–H groups in total. The molecule has 3 amide bonds. The van der Waals surface area contributed by atoms with Gasteiger partial charge < -0.3 is 19.6 Å². The van der Waals surface area contributed by atoms with E-state index in [-0.39, 0.29) is 37.7 Å². The zero-order chi connectivity index (χ0) is 30.8. The van der Waals surface area contributed by atoms with Crippen LogP contribution in [0, 0.1) is 23.5 Å². The summed E-state index contributed by atoms with van der Waals surface area (Å²) in [5.74, 6) is 2.95. The van der Waals surface area contributed by atoms with Crippen LogP contribution in [-0.2, 0) is 11.4 Å². The number of carbonyl (C=O) groups excluding carboxylic acids is 2. The molecule has 2 atom stereocenters. The van der Waals surface area contributed by atoms with Gasteiger partial charge in [0.1, 0.15) is 24.1 Å². The average Bonchev–Trinajstić information content (AvgIpc) is 3.02. The van der Waals surface area contributed by atoms with Gasteiger partial charge in [-0.2, -0.15) is 0 Å². The van der Waals surface area contributed by atoms with E-state index >= 15 is 8.78 Å². The van der Waals surface area contributed by atoms with Gasteiger partial charge >= 0.3 is 12.0 Å². The predicted molar refractivity (Wildman–Crippen MR) is 158 cm³/mol. The number of hydrogen-bond acceptors (Lipinski definition) is 6. The molecule has 222 valence electrons. The number of ether oxygens (including phenoxy) is 1. The van der Waals surface area contributed by atoms with E-state index in [1.807, 2.05) is 36.4 Å². The van der Waals surface area contributed by atoms with E-state index in [0.717, 1.165) is 17.7 Å². The molecule has 9 nitrogen and oxygen atoms in total. The number of urea groups is 1. The van der Waals surface area contributed by atoms with Crippen molar-refractivity contribution in [3.05, 3.63) is 114 Å². The lowest BCUT2D eigenvalue weighted by molar-refractivity contribution is -0.134. The summed E-state index contributed by atoms with van der Waals surface area (Å²) in [5, 5.41) is 11.0. The Kier molecular flexibility index (Phi) is 7.67. The summed E-state index contributed by atoms with van der Waals surface area (Å²) in [6, 6.07) is 19.7. The van der Waals surface area contributed by atoms with Crippen molar-refractivity contribution in [2.75, 3.05) is 22.9 Å². The van der Waals surface area contributed by atoms with E-state index in [1.165, 1.54) is 29.1 Å². The van der Waals surface area contributed by atoms with Crippen LogP contribution < -0.4 is 14.5 Å². The number of aliphatic hydroxyl groups is 1. The minimum atomic E-state index is -1.68. The Bertz CT molecular complexity index is 1740. The summed E-state index contributed by atoms with van der Waals surface area (Å²) in [7, 11) is 0. The van der Waals surface area contributed by atoms with Crippen molar-refractivity contribution in [2.45, 2.75) is 31.7 Å². The van der Waals surface area contributed by atoms with Crippen LogP contribution in [0.4, 0.5) is 25.0 Å². The van der Waals surface area contributed by atoms with Crippen molar-refractivity contribution < 1.29 is 28.2 Å². The highest BCUT2D eigenvalue weighted by atomic mass is 19.1.